The Morgan fingerprint density at radius 3 is 2.72 bits per heavy atom. The van der Waals surface area contributed by atoms with Gasteiger partial charge in [0.1, 0.15) is 11.6 Å². The number of hydrogen-bond donors (Lipinski definition) is 1. The van der Waals surface area contributed by atoms with Gasteiger partial charge in [0.25, 0.3) is 11.8 Å². The first-order chi connectivity index (χ1) is 14.0. The molecule has 1 aliphatic heterocycles. The van der Waals surface area contributed by atoms with Crippen molar-refractivity contribution in [3.05, 3.63) is 81.8 Å². The van der Waals surface area contributed by atoms with Gasteiger partial charge in [-0.1, -0.05) is 18.2 Å². The van der Waals surface area contributed by atoms with Gasteiger partial charge in [-0.05, 0) is 54.3 Å². The van der Waals surface area contributed by atoms with E-state index in [1.54, 1.807) is 35.2 Å². The Hall–Kier alpha value is -3.19. The van der Waals surface area contributed by atoms with Gasteiger partial charge in [-0.2, -0.15) is 0 Å². The number of carbonyl (C=O) groups is 2. The van der Waals surface area contributed by atoms with E-state index in [0.29, 0.717) is 22.9 Å². The van der Waals surface area contributed by atoms with Gasteiger partial charge in [-0.25, -0.2) is 4.39 Å². The minimum absolute atomic E-state index is 0.0700. The summed E-state index contributed by atoms with van der Waals surface area (Å²) in [5, 5.41) is 4.73. The zero-order valence-electron chi connectivity index (χ0n) is 15.7. The van der Waals surface area contributed by atoms with Crippen molar-refractivity contribution in [1.82, 2.24) is 4.90 Å². The van der Waals surface area contributed by atoms with Crippen molar-refractivity contribution < 1.29 is 18.7 Å². The number of anilines is 1. The molecule has 0 radical (unpaired) electrons. The minimum Gasteiger partial charge on any atom is -0.483 e. The molecule has 7 heteroatoms. The number of nitrogens with one attached hydrogen (secondary N) is 1. The lowest BCUT2D eigenvalue weighted by Crippen LogP contribution is -2.34. The Labute approximate surface area is 171 Å². The second-order valence-electron chi connectivity index (χ2n) is 6.79. The summed E-state index contributed by atoms with van der Waals surface area (Å²) in [6.45, 7) is 2.16. The van der Waals surface area contributed by atoms with Crippen LogP contribution in [0.1, 0.15) is 33.8 Å². The molecule has 0 unspecified atom stereocenters. The maximum Gasteiger partial charge on any atom is 0.265 e. The van der Waals surface area contributed by atoms with Crippen LogP contribution in [0.3, 0.4) is 0 Å². The normalized spacial score (nSPS) is 14.6. The summed E-state index contributed by atoms with van der Waals surface area (Å²) in [6.07, 6.45) is 0. The number of amides is 2. The number of benzene rings is 2. The predicted octanol–water partition coefficient (Wildman–Crippen LogP) is 4.62. The molecule has 0 spiro atoms. The molecule has 0 fully saturated rings. The minimum atomic E-state index is -0.317. The molecule has 1 aliphatic rings. The van der Waals surface area contributed by atoms with E-state index in [2.05, 4.69) is 5.32 Å². The highest BCUT2D eigenvalue weighted by Crippen LogP contribution is 2.31. The topological polar surface area (TPSA) is 58.6 Å². The summed E-state index contributed by atoms with van der Waals surface area (Å²) in [4.78, 5) is 27.3. The van der Waals surface area contributed by atoms with Gasteiger partial charge in [0.15, 0.2) is 6.61 Å². The Morgan fingerprint density at radius 1 is 1.21 bits per heavy atom. The SMILES string of the molecule is C[C@H](c1ccc(F)cc1)N1Cc2cc(NC(=O)c3cccs3)ccc2OCC1=O. The molecular weight excluding hydrogens is 391 g/mol. The van der Waals surface area contributed by atoms with E-state index in [4.69, 9.17) is 4.74 Å². The zero-order valence-corrected chi connectivity index (χ0v) is 16.5. The average molecular weight is 410 g/mol. The maximum atomic E-state index is 13.2. The molecule has 3 aromatic rings. The number of thiophene rings is 1. The molecule has 1 atom stereocenters. The van der Waals surface area contributed by atoms with Crippen molar-refractivity contribution in [2.24, 2.45) is 0 Å². The van der Waals surface area contributed by atoms with Gasteiger partial charge in [-0.15, -0.1) is 11.3 Å². The van der Waals surface area contributed by atoms with Gasteiger partial charge in [0, 0.05) is 11.3 Å². The number of halogens is 1. The van der Waals surface area contributed by atoms with Crippen molar-refractivity contribution in [2.45, 2.75) is 19.5 Å². The number of rotatable bonds is 4. The fourth-order valence-corrected chi connectivity index (χ4v) is 3.91. The number of nitrogens with zero attached hydrogens (tertiary/aromatic N) is 1. The van der Waals surface area contributed by atoms with Gasteiger partial charge in [0.05, 0.1) is 17.5 Å². The summed E-state index contributed by atoms with van der Waals surface area (Å²) in [6, 6.07) is 14.8. The largest absolute Gasteiger partial charge is 0.483 e. The summed E-state index contributed by atoms with van der Waals surface area (Å²) < 4.78 is 18.9. The summed E-state index contributed by atoms with van der Waals surface area (Å²) in [7, 11) is 0. The second-order valence-corrected chi connectivity index (χ2v) is 7.74. The standard InChI is InChI=1S/C22H19FN2O3S/c1-14(15-4-6-17(23)7-5-15)25-12-16-11-18(8-9-19(16)28-13-21(25)26)24-22(27)20-3-2-10-29-20/h2-11,14H,12-13H2,1H3,(H,24,27)/t14-/m1/s1. The molecule has 1 aromatic heterocycles. The second kappa shape index (κ2) is 8.05. The highest BCUT2D eigenvalue weighted by atomic mass is 32.1. The molecule has 5 nitrogen and oxygen atoms in total. The zero-order chi connectivity index (χ0) is 20.4. The van der Waals surface area contributed by atoms with Crippen molar-refractivity contribution >= 4 is 28.8 Å². The monoisotopic (exact) mass is 410 g/mol. The van der Waals surface area contributed by atoms with Crippen molar-refractivity contribution in [3.63, 3.8) is 0 Å². The molecule has 0 saturated heterocycles. The van der Waals surface area contributed by atoms with E-state index in [1.807, 2.05) is 24.4 Å². The summed E-state index contributed by atoms with van der Waals surface area (Å²) in [5.41, 5.74) is 2.27. The predicted molar refractivity (Wildman–Crippen MR) is 110 cm³/mol. The first kappa shape index (κ1) is 19.1. The van der Waals surface area contributed by atoms with Crippen LogP contribution in [0.25, 0.3) is 0 Å². The maximum absolute atomic E-state index is 13.2. The van der Waals surface area contributed by atoms with E-state index in [1.165, 1.54) is 23.5 Å². The van der Waals surface area contributed by atoms with Gasteiger partial charge in [0.2, 0.25) is 0 Å². The lowest BCUT2D eigenvalue weighted by atomic mass is 10.1. The lowest BCUT2D eigenvalue weighted by Gasteiger charge is -2.28. The van der Waals surface area contributed by atoms with E-state index in [-0.39, 0.29) is 30.3 Å². The van der Waals surface area contributed by atoms with Crippen LogP contribution in [0.4, 0.5) is 10.1 Å². The summed E-state index contributed by atoms with van der Waals surface area (Å²) in [5.74, 6) is -0.0338. The first-order valence-electron chi connectivity index (χ1n) is 9.17. The third-order valence-corrected chi connectivity index (χ3v) is 5.76. The van der Waals surface area contributed by atoms with Gasteiger partial charge < -0.3 is 15.0 Å². The van der Waals surface area contributed by atoms with E-state index in [0.717, 1.165) is 11.1 Å². The quantitative estimate of drug-likeness (QED) is 0.683. The van der Waals surface area contributed by atoms with Crippen LogP contribution in [0, 0.1) is 5.82 Å². The third kappa shape index (κ3) is 4.14. The van der Waals surface area contributed by atoms with Crippen LogP contribution in [-0.2, 0) is 11.3 Å². The van der Waals surface area contributed by atoms with E-state index < -0.39 is 0 Å². The van der Waals surface area contributed by atoms with E-state index >= 15 is 0 Å². The van der Waals surface area contributed by atoms with Crippen molar-refractivity contribution in [3.8, 4) is 5.75 Å². The van der Waals surface area contributed by atoms with Crippen LogP contribution >= 0.6 is 11.3 Å². The van der Waals surface area contributed by atoms with Crippen LogP contribution in [0.5, 0.6) is 5.75 Å². The Kier molecular flexibility index (Phi) is 5.31. The Bertz CT molecular complexity index is 1030. The molecule has 2 aromatic carbocycles. The highest BCUT2D eigenvalue weighted by Gasteiger charge is 2.27. The molecule has 4 rings (SSSR count). The molecule has 148 valence electrons. The molecule has 1 N–H and O–H groups in total. The molecule has 29 heavy (non-hydrogen) atoms. The van der Waals surface area contributed by atoms with Crippen LogP contribution < -0.4 is 10.1 Å². The number of ether oxygens (including phenoxy) is 1. The van der Waals surface area contributed by atoms with Crippen LogP contribution in [-0.4, -0.2) is 23.3 Å². The number of carbonyl (C=O) groups excluding carboxylic acids is 2. The molecular formula is C22H19FN2O3S. The molecule has 0 saturated carbocycles. The molecule has 0 bridgehead atoms. The van der Waals surface area contributed by atoms with Crippen molar-refractivity contribution in [1.29, 1.82) is 0 Å². The van der Waals surface area contributed by atoms with Crippen LogP contribution in [0.15, 0.2) is 60.0 Å². The Morgan fingerprint density at radius 2 is 2.00 bits per heavy atom. The van der Waals surface area contributed by atoms with Gasteiger partial charge in [-0.3, -0.25) is 9.59 Å². The molecule has 0 aliphatic carbocycles. The average Bonchev–Trinajstić information content (AvgIpc) is 3.21. The fourth-order valence-electron chi connectivity index (χ4n) is 3.29. The smallest absolute Gasteiger partial charge is 0.265 e. The third-order valence-electron chi connectivity index (χ3n) is 4.90. The first-order valence-corrected chi connectivity index (χ1v) is 10.0. The highest BCUT2D eigenvalue weighted by molar-refractivity contribution is 7.12. The van der Waals surface area contributed by atoms with Crippen LogP contribution in [0.2, 0.25) is 0 Å². The number of fused-ring (bicyclic) bond motifs is 1. The fraction of sp³-hybridized carbons (Fsp3) is 0.182. The number of hydrogen-bond acceptors (Lipinski definition) is 4. The summed E-state index contributed by atoms with van der Waals surface area (Å²) >= 11 is 1.37. The Balaban J connectivity index is 1.57. The van der Waals surface area contributed by atoms with E-state index in [9.17, 15) is 14.0 Å². The molecule has 2 amide bonds. The van der Waals surface area contributed by atoms with Gasteiger partial charge >= 0.3 is 0 Å². The molecule has 2 heterocycles. The van der Waals surface area contributed by atoms with Crippen molar-refractivity contribution in [2.75, 3.05) is 11.9 Å². The lowest BCUT2D eigenvalue weighted by molar-refractivity contribution is -0.135.